The first kappa shape index (κ1) is 37.6. The van der Waals surface area contributed by atoms with E-state index in [4.69, 9.17) is 18.9 Å². The van der Waals surface area contributed by atoms with E-state index in [1.54, 1.807) is 14.2 Å². The summed E-state index contributed by atoms with van der Waals surface area (Å²) in [4.78, 5) is 18.4. The second-order valence-electron chi connectivity index (χ2n) is 15.6. The third kappa shape index (κ3) is 6.16. The fourth-order valence-corrected chi connectivity index (χ4v) is 9.26. The van der Waals surface area contributed by atoms with Crippen molar-refractivity contribution in [2.75, 3.05) is 24.0 Å². The van der Waals surface area contributed by atoms with Crippen molar-refractivity contribution in [3.05, 3.63) is 189 Å². The molecule has 7 aromatic rings. The summed E-state index contributed by atoms with van der Waals surface area (Å²) >= 11 is 0. The van der Waals surface area contributed by atoms with E-state index in [1.165, 1.54) is 11.1 Å². The van der Waals surface area contributed by atoms with E-state index < -0.39 is 5.60 Å². The molecule has 59 heavy (non-hydrogen) atoms. The molecule has 0 radical (unpaired) electrons. The second kappa shape index (κ2) is 14.4. The maximum atomic E-state index is 13.9. The SMILES string of the molecule is COc1ccc(N(c2ccc3c(c2)Oc2cc(N(c4ccc(OC)cc4)c4c(C)cc(C)cc4C)ccc2C32OC(=O)c3ccccc32)c2c(C)cc(C)cc2C)cc1. The molecule has 2 heterocycles. The van der Waals surface area contributed by atoms with Gasteiger partial charge < -0.3 is 28.7 Å². The zero-order chi connectivity index (χ0) is 41.2. The highest BCUT2D eigenvalue weighted by molar-refractivity contribution is 5.97. The van der Waals surface area contributed by atoms with E-state index in [2.05, 4.69) is 136 Å². The zero-order valence-electron chi connectivity index (χ0n) is 34.6. The number of fused-ring (bicyclic) bond motifs is 6. The van der Waals surface area contributed by atoms with Gasteiger partial charge in [0.25, 0.3) is 0 Å². The van der Waals surface area contributed by atoms with Crippen LogP contribution in [0.3, 0.4) is 0 Å². The summed E-state index contributed by atoms with van der Waals surface area (Å²) < 4.78 is 24.8. The van der Waals surface area contributed by atoms with Crippen molar-refractivity contribution >= 4 is 40.1 Å². The monoisotopic (exact) mass is 778 g/mol. The molecule has 7 heteroatoms. The van der Waals surface area contributed by atoms with Crippen molar-refractivity contribution in [2.24, 2.45) is 0 Å². The Labute approximate surface area is 346 Å². The van der Waals surface area contributed by atoms with Crippen LogP contribution in [0.2, 0.25) is 0 Å². The fraction of sp³-hybridized carbons (Fsp3) is 0.173. The standard InChI is InChI=1S/C52H46N2O5/c1-31-25-33(3)49(34(4)26-31)53(37-13-19-41(56-7)20-14-37)39-17-23-45-47(29-39)58-48-30-40(18-24-46(48)52(45)44-12-10-9-11-43(44)51(55)59-52)54(38-15-21-42(57-8)22-16-38)50-35(5)27-32(2)28-36(50)6/h9-30H,1-8H3. The molecule has 0 saturated heterocycles. The summed E-state index contributed by atoms with van der Waals surface area (Å²) in [5, 5.41) is 0. The number of hydrogen-bond donors (Lipinski definition) is 0. The summed E-state index contributed by atoms with van der Waals surface area (Å²) in [6, 6.07) is 45.1. The minimum absolute atomic E-state index is 0.371. The molecule has 0 N–H and O–H groups in total. The van der Waals surface area contributed by atoms with Crippen molar-refractivity contribution < 1.29 is 23.7 Å². The highest BCUT2D eigenvalue weighted by atomic mass is 16.6. The largest absolute Gasteiger partial charge is 0.497 e. The molecule has 0 aliphatic carbocycles. The molecule has 9 rings (SSSR count). The summed E-state index contributed by atoms with van der Waals surface area (Å²) in [5.74, 6) is 2.36. The lowest BCUT2D eigenvalue weighted by atomic mass is 9.77. The Bertz CT molecular complexity index is 2590. The molecule has 1 spiro atoms. The molecule has 0 fully saturated rings. The maximum Gasteiger partial charge on any atom is 0.340 e. The van der Waals surface area contributed by atoms with Gasteiger partial charge in [-0.15, -0.1) is 0 Å². The van der Waals surface area contributed by atoms with Gasteiger partial charge in [0.2, 0.25) is 0 Å². The van der Waals surface area contributed by atoms with Crippen LogP contribution in [0.5, 0.6) is 23.0 Å². The van der Waals surface area contributed by atoms with Crippen LogP contribution in [0.15, 0.2) is 133 Å². The molecule has 0 saturated carbocycles. The van der Waals surface area contributed by atoms with E-state index >= 15 is 0 Å². The van der Waals surface area contributed by atoms with Crippen molar-refractivity contribution in [3.63, 3.8) is 0 Å². The Kier molecular flexibility index (Phi) is 9.19. The number of esters is 1. The van der Waals surface area contributed by atoms with Crippen molar-refractivity contribution in [2.45, 2.75) is 47.1 Å². The first-order chi connectivity index (χ1) is 28.5. The first-order valence-corrected chi connectivity index (χ1v) is 19.8. The molecule has 294 valence electrons. The van der Waals surface area contributed by atoms with Gasteiger partial charge in [-0.2, -0.15) is 0 Å². The average molecular weight is 779 g/mol. The van der Waals surface area contributed by atoms with Gasteiger partial charge in [-0.3, -0.25) is 0 Å². The Morgan fingerprint density at radius 2 is 0.881 bits per heavy atom. The molecule has 2 aliphatic rings. The third-order valence-corrected chi connectivity index (χ3v) is 11.6. The van der Waals surface area contributed by atoms with Gasteiger partial charge in [0.05, 0.1) is 31.2 Å². The number of ether oxygens (including phenoxy) is 4. The van der Waals surface area contributed by atoms with Gasteiger partial charge in [-0.25, -0.2) is 4.79 Å². The first-order valence-electron chi connectivity index (χ1n) is 19.8. The number of rotatable bonds is 8. The van der Waals surface area contributed by atoms with Crippen LogP contribution < -0.4 is 24.0 Å². The molecule has 2 aliphatic heterocycles. The quantitative estimate of drug-likeness (QED) is 0.142. The third-order valence-electron chi connectivity index (χ3n) is 11.6. The van der Waals surface area contributed by atoms with Crippen LogP contribution in [-0.2, 0) is 10.3 Å². The maximum absolute atomic E-state index is 13.9. The second-order valence-corrected chi connectivity index (χ2v) is 15.6. The van der Waals surface area contributed by atoms with Gasteiger partial charge in [0, 0.05) is 51.6 Å². The Morgan fingerprint density at radius 3 is 1.31 bits per heavy atom. The fourth-order valence-electron chi connectivity index (χ4n) is 9.26. The Balaban J connectivity index is 1.27. The van der Waals surface area contributed by atoms with Crippen LogP contribution >= 0.6 is 0 Å². The number of hydrogen-bond acceptors (Lipinski definition) is 7. The van der Waals surface area contributed by atoms with Crippen LogP contribution in [0.1, 0.15) is 60.4 Å². The smallest absolute Gasteiger partial charge is 0.340 e. The van der Waals surface area contributed by atoms with Gasteiger partial charge >= 0.3 is 5.97 Å². The summed E-state index contributed by atoms with van der Waals surface area (Å²) in [5.41, 5.74) is 14.4. The number of benzene rings is 7. The number of anilines is 6. The van der Waals surface area contributed by atoms with Crippen molar-refractivity contribution in [1.29, 1.82) is 0 Å². The van der Waals surface area contributed by atoms with E-state index in [1.807, 2.05) is 48.5 Å². The highest BCUT2D eigenvalue weighted by Crippen LogP contribution is 2.58. The summed E-state index contributed by atoms with van der Waals surface area (Å²) in [7, 11) is 3.35. The highest BCUT2D eigenvalue weighted by Gasteiger charge is 2.53. The van der Waals surface area contributed by atoms with E-state index in [0.29, 0.717) is 17.1 Å². The molecule has 7 nitrogen and oxygen atoms in total. The topological polar surface area (TPSA) is 60.5 Å². The molecular formula is C52H46N2O5. The number of nitrogens with zero attached hydrogens (tertiary/aromatic N) is 2. The van der Waals surface area contributed by atoms with Crippen LogP contribution in [-0.4, -0.2) is 20.2 Å². The molecule has 0 amide bonds. The zero-order valence-corrected chi connectivity index (χ0v) is 34.6. The predicted molar refractivity (Wildman–Crippen MR) is 236 cm³/mol. The van der Waals surface area contributed by atoms with Crippen LogP contribution in [0, 0.1) is 41.5 Å². The van der Waals surface area contributed by atoms with Crippen molar-refractivity contribution in [3.8, 4) is 23.0 Å². The molecule has 0 bridgehead atoms. The lowest BCUT2D eigenvalue weighted by Crippen LogP contribution is -2.33. The normalized spacial score (nSPS) is 13.2. The lowest BCUT2D eigenvalue weighted by Gasteiger charge is -2.38. The molecule has 0 aromatic heterocycles. The minimum Gasteiger partial charge on any atom is -0.497 e. The molecule has 0 atom stereocenters. The van der Waals surface area contributed by atoms with E-state index in [0.717, 1.165) is 84.6 Å². The summed E-state index contributed by atoms with van der Waals surface area (Å²) in [6.07, 6.45) is 0. The van der Waals surface area contributed by atoms with Gasteiger partial charge in [0.15, 0.2) is 5.60 Å². The Hall–Kier alpha value is -6.99. The minimum atomic E-state index is -1.24. The van der Waals surface area contributed by atoms with E-state index in [-0.39, 0.29) is 5.97 Å². The summed E-state index contributed by atoms with van der Waals surface area (Å²) in [6.45, 7) is 12.8. The predicted octanol–water partition coefficient (Wildman–Crippen LogP) is 13.1. The van der Waals surface area contributed by atoms with Crippen LogP contribution in [0.25, 0.3) is 0 Å². The van der Waals surface area contributed by atoms with Crippen LogP contribution in [0.4, 0.5) is 34.1 Å². The number of carbonyl (C=O) groups is 1. The van der Waals surface area contributed by atoms with E-state index in [9.17, 15) is 4.79 Å². The molecule has 0 unspecified atom stereocenters. The molecular weight excluding hydrogens is 733 g/mol. The lowest BCUT2D eigenvalue weighted by molar-refractivity contribution is 0.0224. The van der Waals surface area contributed by atoms with Gasteiger partial charge in [-0.05, 0) is 143 Å². The number of aryl methyl sites for hydroxylation is 6. The van der Waals surface area contributed by atoms with Crippen molar-refractivity contribution in [1.82, 2.24) is 0 Å². The number of carbonyl (C=O) groups excluding carboxylic acids is 1. The van der Waals surface area contributed by atoms with Gasteiger partial charge in [0.1, 0.15) is 23.0 Å². The number of methoxy groups -OCH3 is 2. The van der Waals surface area contributed by atoms with Gasteiger partial charge in [-0.1, -0.05) is 53.6 Å². The average Bonchev–Trinajstić information content (AvgIpc) is 3.52. The molecule has 7 aromatic carbocycles. The Morgan fingerprint density at radius 1 is 0.475 bits per heavy atom.